The summed E-state index contributed by atoms with van der Waals surface area (Å²) in [5.41, 5.74) is 2.49. The zero-order valence-electron chi connectivity index (χ0n) is 12.8. The highest BCUT2D eigenvalue weighted by Gasteiger charge is 2.19. The van der Waals surface area contributed by atoms with Crippen LogP contribution in [0, 0.1) is 5.82 Å². The van der Waals surface area contributed by atoms with Crippen molar-refractivity contribution in [3.05, 3.63) is 57.8 Å². The average Bonchev–Trinajstić information content (AvgIpc) is 2.93. The number of nitrogens with zero attached hydrogens (tertiary/aromatic N) is 1. The molecule has 1 aliphatic heterocycles. The number of nitrogens with one attached hydrogen (secondary N) is 2. The fraction of sp³-hybridized carbons (Fsp3) is 0.235. The van der Waals surface area contributed by atoms with Crippen molar-refractivity contribution < 1.29 is 9.18 Å². The molecule has 7 heteroatoms. The van der Waals surface area contributed by atoms with E-state index in [1.807, 2.05) is 0 Å². The highest BCUT2D eigenvalue weighted by molar-refractivity contribution is 6.35. The maximum absolute atomic E-state index is 13.2. The zero-order valence-corrected chi connectivity index (χ0v) is 14.3. The van der Waals surface area contributed by atoms with Gasteiger partial charge in [-0.2, -0.15) is 0 Å². The second-order valence-electron chi connectivity index (χ2n) is 5.52. The van der Waals surface area contributed by atoms with E-state index in [1.54, 1.807) is 30.3 Å². The number of fused-ring (bicyclic) bond motifs is 1. The van der Waals surface area contributed by atoms with Crippen LogP contribution in [-0.2, 0) is 6.42 Å². The van der Waals surface area contributed by atoms with E-state index in [9.17, 15) is 9.18 Å². The minimum absolute atomic E-state index is 0.216. The molecule has 126 valence electrons. The van der Waals surface area contributed by atoms with Crippen molar-refractivity contribution in [3.63, 3.8) is 0 Å². The van der Waals surface area contributed by atoms with Crippen LogP contribution in [0.4, 0.5) is 20.6 Å². The van der Waals surface area contributed by atoms with Gasteiger partial charge in [0.1, 0.15) is 5.82 Å². The van der Waals surface area contributed by atoms with Crippen LogP contribution in [0.1, 0.15) is 5.56 Å². The predicted octanol–water partition coefficient (Wildman–Crippen LogP) is 4.32. The van der Waals surface area contributed by atoms with Crippen LogP contribution in [-0.4, -0.2) is 25.7 Å². The first kappa shape index (κ1) is 16.9. The Kier molecular flexibility index (Phi) is 5.11. The molecule has 0 aliphatic carbocycles. The van der Waals surface area contributed by atoms with Crippen LogP contribution in [0.25, 0.3) is 0 Å². The maximum atomic E-state index is 13.2. The van der Waals surface area contributed by atoms with Crippen LogP contribution in [0.15, 0.2) is 36.4 Å². The Morgan fingerprint density at radius 2 is 2.04 bits per heavy atom. The lowest BCUT2D eigenvalue weighted by Crippen LogP contribution is -2.36. The molecule has 0 fully saturated rings. The summed E-state index contributed by atoms with van der Waals surface area (Å²) in [6.45, 7) is 1.93. The van der Waals surface area contributed by atoms with Gasteiger partial charge in [0.25, 0.3) is 0 Å². The fourth-order valence-electron chi connectivity index (χ4n) is 2.74. The van der Waals surface area contributed by atoms with Gasteiger partial charge in [0.05, 0.1) is 10.7 Å². The Balaban J connectivity index is 1.51. The lowest BCUT2D eigenvalue weighted by molar-refractivity contribution is 0.252. The lowest BCUT2D eigenvalue weighted by Gasteiger charge is -2.19. The monoisotopic (exact) mass is 367 g/mol. The molecule has 2 N–H and O–H groups in total. The Morgan fingerprint density at radius 1 is 1.21 bits per heavy atom. The molecule has 0 saturated heterocycles. The van der Waals surface area contributed by atoms with Gasteiger partial charge in [-0.25, -0.2) is 9.18 Å². The fourth-order valence-corrected chi connectivity index (χ4v) is 3.07. The van der Waals surface area contributed by atoms with Crippen molar-refractivity contribution in [1.82, 2.24) is 5.32 Å². The van der Waals surface area contributed by atoms with Crippen molar-refractivity contribution in [1.29, 1.82) is 0 Å². The first-order valence-electron chi connectivity index (χ1n) is 7.56. The standard InChI is InChI=1S/C17H16Cl2FN3O/c18-12-1-3-14(19)15(10-12)22-17(24)21-6-8-23-7-5-11-9-13(20)2-4-16(11)23/h1-4,9-10H,5-8H2,(H2,21,22,24). The van der Waals surface area contributed by atoms with E-state index in [4.69, 9.17) is 23.2 Å². The molecule has 24 heavy (non-hydrogen) atoms. The Bertz CT molecular complexity index is 769. The first-order chi connectivity index (χ1) is 11.5. The Labute approximate surface area is 149 Å². The van der Waals surface area contributed by atoms with Crippen LogP contribution in [0.5, 0.6) is 0 Å². The van der Waals surface area contributed by atoms with E-state index in [2.05, 4.69) is 15.5 Å². The molecular weight excluding hydrogens is 352 g/mol. The highest BCUT2D eigenvalue weighted by Crippen LogP contribution is 2.28. The maximum Gasteiger partial charge on any atom is 0.319 e. The van der Waals surface area contributed by atoms with Crippen molar-refractivity contribution in [2.45, 2.75) is 6.42 Å². The molecule has 0 atom stereocenters. The van der Waals surface area contributed by atoms with E-state index in [1.165, 1.54) is 6.07 Å². The van der Waals surface area contributed by atoms with Crippen LogP contribution < -0.4 is 15.5 Å². The average molecular weight is 368 g/mol. The highest BCUT2D eigenvalue weighted by atomic mass is 35.5. The second-order valence-corrected chi connectivity index (χ2v) is 6.36. The zero-order chi connectivity index (χ0) is 17.1. The summed E-state index contributed by atoms with van der Waals surface area (Å²) in [5, 5.41) is 6.37. The molecule has 0 saturated carbocycles. The summed E-state index contributed by atoms with van der Waals surface area (Å²) in [6.07, 6.45) is 0.817. The van der Waals surface area contributed by atoms with Crippen LogP contribution in [0.2, 0.25) is 10.0 Å². The number of benzene rings is 2. The van der Waals surface area contributed by atoms with Crippen molar-refractivity contribution in [2.24, 2.45) is 0 Å². The van der Waals surface area contributed by atoms with Gasteiger partial charge in [-0.3, -0.25) is 0 Å². The van der Waals surface area contributed by atoms with Gasteiger partial charge in [-0.05, 0) is 48.4 Å². The van der Waals surface area contributed by atoms with Crippen LogP contribution >= 0.6 is 23.2 Å². The summed E-state index contributed by atoms with van der Waals surface area (Å²) in [7, 11) is 0. The van der Waals surface area contributed by atoms with Gasteiger partial charge in [0.2, 0.25) is 0 Å². The number of carbonyl (C=O) groups excluding carboxylic acids is 1. The molecule has 1 aliphatic rings. The third-order valence-electron chi connectivity index (χ3n) is 3.88. The number of carbonyl (C=O) groups is 1. The number of halogens is 3. The van der Waals surface area contributed by atoms with Gasteiger partial charge < -0.3 is 15.5 Å². The second kappa shape index (κ2) is 7.28. The summed E-state index contributed by atoms with van der Waals surface area (Å²) in [6, 6.07) is 9.32. The molecule has 2 aromatic carbocycles. The Hall–Kier alpha value is -1.98. The van der Waals surface area contributed by atoms with Crippen molar-refractivity contribution in [2.75, 3.05) is 29.9 Å². The van der Waals surface area contributed by atoms with Gasteiger partial charge in [0, 0.05) is 30.3 Å². The minimum atomic E-state index is -0.349. The molecule has 0 aromatic heterocycles. The van der Waals surface area contributed by atoms with E-state index in [-0.39, 0.29) is 11.8 Å². The number of amides is 2. The van der Waals surface area contributed by atoms with Crippen molar-refractivity contribution in [3.8, 4) is 0 Å². The molecule has 2 amide bonds. The molecule has 3 rings (SSSR count). The molecule has 4 nitrogen and oxygen atoms in total. The summed E-state index contributed by atoms with van der Waals surface area (Å²) < 4.78 is 13.2. The normalized spacial score (nSPS) is 12.9. The first-order valence-corrected chi connectivity index (χ1v) is 8.32. The smallest absolute Gasteiger partial charge is 0.319 e. The van der Waals surface area contributed by atoms with Gasteiger partial charge in [-0.1, -0.05) is 23.2 Å². The van der Waals surface area contributed by atoms with E-state index >= 15 is 0 Å². The molecule has 0 radical (unpaired) electrons. The number of hydrogen-bond donors (Lipinski definition) is 2. The molecule has 1 heterocycles. The van der Waals surface area contributed by atoms with Gasteiger partial charge in [-0.15, -0.1) is 0 Å². The van der Waals surface area contributed by atoms with E-state index in [0.29, 0.717) is 28.8 Å². The third-order valence-corrected chi connectivity index (χ3v) is 4.44. The number of hydrogen-bond acceptors (Lipinski definition) is 2. The summed E-state index contributed by atoms with van der Waals surface area (Å²) >= 11 is 11.9. The lowest BCUT2D eigenvalue weighted by atomic mass is 10.2. The minimum Gasteiger partial charge on any atom is -0.369 e. The molecule has 2 aromatic rings. The number of anilines is 2. The quantitative estimate of drug-likeness (QED) is 0.845. The third kappa shape index (κ3) is 3.91. The SMILES string of the molecule is O=C(NCCN1CCc2cc(F)ccc21)Nc1cc(Cl)ccc1Cl. The molecule has 0 bridgehead atoms. The topological polar surface area (TPSA) is 44.4 Å². The number of rotatable bonds is 4. The predicted molar refractivity (Wildman–Crippen MR) is 95.8 cm³/mol. The van der Waals surface area contributed by atoms with E-state index in [0.717, 1.165) is 24.2 Å². The van der Waals surface area contributed by atoms with Crippen LogP contribution in [0.3, 0.4) is 0 Å². The number of urea groups is 1. The summed E-state index contributed by atoms with van der Waals surface area (Å²) in [4.78, 5) is 14.1. The Morgan fingerprint density at radius 3 is 2.88 bits per heavy atom. The molecular formula is C17H16Cl2FN3O. The van der Waals surface area contributed by atoms with E-state index < -0.39 is 0 Å². The largest absolute Gasteiger partial charge is 0.369 e. The van der Waals surface area contributed by atoms with Gasteiger partial charge in [0.15, 0.2) is 0 Å². The molecule has 0 unspecified atom stereocenters. The molecule has 0 spiro atoms. The van der Waals surface area contributed by atoms with Crippen molar-refractivity contribution >= 4 is 40.6 Å². The summed E-state index contributed by atoms with van der Waals surface area (Å²) in [5.74, 6) is -0.216. The van der Waals surface area contributed by atoms with Gasteiger partial charge >= 0.3 is 6.03 Å².